The quantitative estimate of drug-likeness (QED) is 0.850. The predicted molar refractivity (Wildman–Crippen MR) is 87.5 cm³/mol. The Kier molecular flexibility index (Phi) is 5.26. The second kappa shape index (κ2) is 7.16. The summed E-state index contributed by atoms with van der Waals surface area (Å²) in [6, 6.07) is 7.61. The molecule has 22 heavy (non-hydrogen) atoms. The van der Waals surface area contributed by atoms with Crippen LogP contribution in [0.2, 0.25) is 0 Å². The standard InChI is InChI=1S/C18H23N3O/c1-13(2)11-21(12-16-5-7-19-8-6-16)18(22)17-9-14(3)20-15(4)10-17/h5-10,13H,11-12H2,1-4H3. The van der Waals surface area contributed by atoms with Gasteiger partial charge in [-0.3, -0.25) is 14.8 Å². The third-order valence-electron chi connectivity index (χ3n) is 3.32. The molecule has 0 fully saturated rings. The molecule has 4 nitrogen and oxygen atoms in total. The van der Waals surface area contributed by atoms with Crippen LogP contribution in [0.3, 0.4) is 0 Å². The minimum atomic E-state index is 0.0547. The number of hydrogen-bond acceptors (Lipinski definition) is 3. The molecular weight excluding hydrogens is 274 g/mol. The van der Waals surface area contributed by atoms with Crippen LogP contribution in [0.25, 0.3) is 0 Å². The Hall–Kier alpha value is -2.23. The van der Waals surface area contributed by atoms with Gasteiger partial charge in [0.25, 0.3) is 5.91 Å². The maximum Gasteiger partial charge on any atom is 0.254 e. The van der Waals surface area contributed by atoms with Gasteiger partial charge in [-0.2, -0.15) is 0 Å². The summed E-state index contributed by atoms with van der Waals surface area (Å²) in [6.45, 7) is 9.39. The van der Waals surface area contributed by atoms with E-state index in [0.29, 0.717) is 18.0 Å². The SMILES string of the molecule is Cc1cc(C(=O)N(Cc2ccncc2)CC(C)C)cc(C)n1. The third-order valence-corrected chi connectivity index (χ3v) is 3.32. The first kappa shape index (κ1) is 16.1. The largest absolute Gasteiger partial charge is 0.334 e. The van der Waals surface area contributed by atoms with Crippen molar-refractivity contribution in [3.63, 3.8) is 0 Å². The summed E-state index contributed by atoms with van der Waals surface area (Å²) in [6.07, 6.45) is 3.52. The number of pyridine rings is 2. The van der Waals surface area contributed by atoms with Crippen molar-refractivity contribution in [2.45, 2.75) is 34.2 Å². The predicted octanol–water partition coefficient (Wildman–Crippen LogP) is 3.39. The van der Waals surface area contributed by atoms with Crippen molar-refractivity contribution in [3.8, 4) is 0 Å². The lowest BCUT2D eigenvalue weighted by Gasteiger charge is -2.25. The summed E-state index contributed by atoms with van der Waals surface area (Å²) < 4.78 is 0. The first-order valence-corrected chi connectivity index (χ1v) is 7.59. The fourth-order valence-corrected chi connectivity index (χ4v) is 2.51. The summed E-state index contributed by atoms with van der Waals surface area (Å²) in [5, 5.41) is 0. The lowest BCUT2D eigenvalue weighted by Crippen LogP contribution is -2.34. The molecule has 0 N–H and O–H groups in total. The number of aromatic nitrogens is 2. The van der Waals surface area contributed by atoms with Gasteiger partial charge in [0.1, 0.15) is 0 Å². The van der Waals surface area contributed by atoms with Crippen LogP contribution in [-0.4, -0.2) is 27.3 Å². The Balaban J connectivity index is 2.26. The van der Waals surface area contributed by atoms with Crippen LogP contribution >= 0.6 is 0 Å². The van der Waals surface area contributed by atoms with Crippen LogP contribution in [0.1, 0.15) is 41.2 Å². The molecule has 0 saturated carbocycles. The number of hydrogen-bond donors (Lipinski definition) is 0. The smallest absolute Gasteiger partial charge is 0.254 e. The minimum absolute atomic E-state index is 0.0547. The number of nitrogens with zero attached hydrogens (tertiary/aromatic N) is 3. The van der Waals surface area contributed by atoms with Gasteiger partial charge in [-0.15, -0.1) is 0 Å². The Morgan fingerprint density at radius 2 is 1.73 bits per heavy atom. The molecule has 0 aliphatic rings. The molecule has 0 spiro atoms. The van der Waals surface area contributed by atoms with Gasteiger partial charge in [-0.25, -0.2) is 0 Å². The van der Waals surface area contributed by atoms with E-state index >= 15 is 0 Å². The molecule has 4 heteroatoms. The summed E-state index contributed by atoms with van der Waals surface area (Å²) in [5.74, 6) is 0.467. The highest BCUT2D eigenvalue weighted by Gasteiger charge is 2.18. The number of aryl methyl sites for hydroxylation is 2. The second-order valence-electron chi connectivity index (χ2n) is 6.07. The highest BCUT2D eigenvalue weighted by atomic mass is 16.2. The molecule has 0 aliphatic heterocycles. The summed E-state index contributed by atoms with van der Waals surface area (Å²) >= 11 is 0. The van der Waals surface area contributed by atoms with Crippen molar-refractivity contribution in [2.24, 2.45) is 5.92 Å². The van der Waals surface area contributed by atoms with Crippen molar-refractivity contribution in [1.29, 1.82) is 0 Å². The molecule has 0 aromatic carbocycles. The van der Waals surface area contributed by atoms with E-state index in [0.717, 1.165) is 23.5 Å². The first-order valence-electron chi connectivity index (χ1n) is 7.59. The Bertz CT molecular complexity index is 618. The van der Waals surface area contributed by atoms with Gasteiger partial charge in [0.05, 0.1) is 0 Å². The van der Waals surface area contributed by atoms with E-state index in [4.69, 9.17) is 0 Å². The van der Waals surface area contributed by atoms with Crippen molar-refractivity contribution in [2.75, 3.05) is 6.54 Å². The van der Waals surface area contributed by atoms with Crippen LogP contribution in [0.5, 0.6) is 0 Å². The van der Waals surface area contributed by atoms with E-state index in [1.54, 1.807) is 12.4 Å². The van der Waals surface area contributed by atoms with Crippen molar-refractivity contribution < 1.29 is 4.79 Å². The van der Waals surface area contributed by atoms with Crippen LogP contribution in [0.4, 0.5) is 0 Å². The van der Waals surface area contributed by atoms with Gasteiger partial charge in [0, 0.05) is 42.4 Å². The Labute approximate surface area is 132 Å². The van der Waals surface area contributed by atoms with E-state index in [-0.39, 0.29) is 5.91 Å². The maximum atomic E-state index is 12.9. The molecule has 0 saturated heterocycles. The number of carbonyl (C=O) groups excluding carboxylic acids is 1. The van der Waals surface area contributed by atoms with Gasteiger partial charge >= 0.3 is 0 Å². The van der Waals surface area contributed by atoms with Crippen LogP contribution in [-0.2, 0) is 6.54 Å². The van der Waals surface area contributed by atoms with Gasteiger partial charge in [0.2, 0.25) is 0 Å². The van der Waals surface area contributed by atoms with E-state index < -0.39 is 0 Å². The lowest BCUT2D eigenvalue weighted by molar-refractivity contribution is 0.0722. The van der Waals surface area contributed by atoms with Gasteiger partial charge < -0.3 is 4.90 Å². The average Bonchev–Trinajstić information content (AvgIpc) is 2.45. The number of amides is 1. The molecule has 0 atom stereocenters. The zero-order valence-electron chi connectivity index (χ0n) is 13.7. The van der Waals surface area contributed by atoms with E-state index in [1.807, 2.05) is 43.0 Å². The highest BCUT2D eigenvalue weighted by molar-refractivity contribution is 5.94. The summed E-state index contributed by atoms with van der Waals surface area (Å²) in [7, 11) is 0. The van der Waals surface area contributed by atoms with Crippen LogP contribution < -0.4 is 0 Å². The molecule has 0 radical (unpaired) electrons. The maximum absolute atomic E-state index is 12.9. The van der Waals surface area contributed by atoms with E-state index in [9.17, 15) is 4.79 Å². The zero-order valence-corrected chi connectivity index (χ0v) is 13.7. The molecular formula is C18H23N3O. The highest BCUT2D eigenvalue weighted by Crippen LogP contribution is 2.13. The van der Waals surface area contributed by atoms with Crippen molar-refractivity contribution in [3.05, 3.63) is 59.2 Å². The average molecular weight is 297 g/mol. The minimum Gasteiger partial charge on any atom is -0.334 e. The Morgan fingerprint density at radius 3 is 2.27 bits per heavy atom. The van der Waals surface area contributed by atoms with Gasteiger partial charge in [-0.1, -0.05) is 13.8 Å². The van der Waals surface area contributed by atoms with Gasteiger partial charge in [-0.05, 0) is 49.6 Å². The van der Waals surface area contributed by atoms with E-state index in [2.05, 4.69) is 23.8 Å². The summed E-state index contributed by atoms with van der Waals surface area (Å²) in [5.41, 5.74) is 3.54. The normalized spacial score (nSPS) is 10.8. The number of carbonyl (C=O) groups is 1. The molecule has 2 rings (SSSR count). The monoisotopic (exact) mass is 297 g/mol. The fraction of sp³-hybridized carbons (Fsp3) is 0.389. The summed E-state index contributed by atoms with van der Waals surface area (Å²) in [4.78, 5) is 23.1. The Morgan fingerprint density at radius 1 is 1.14 bits per heavy atom. The molecule has 2 aromatic heterocycles. The molecule has 2 heterocycles. The van der Waals surface area contributed by atoms with Crippen LogP contribution in [0, 0.1) is 19.8 Å². The topological polar surface area (TPSA) is 46.1 Å². The second-order valence-corrected chi connectivity index (χ2v) is 6.07. The molecule has 0 aliphatic carbocycles. The van der Waals surface area contributed by atoms with Crippen molar-refractivity contribution in [1.82, 2.24) is 14.9 Å². The molecule has 0 bridgehead atoms. The molecule has 1 amide bonds. The molecule has 2 aromatic rings. The zero-order chi connectivity index (χ0) is 16.1. The third kappa shape index (κ3) is 4.38. The molecule has 0 unspecified atom stereocenters. The van der Waals surface area contributed by atoms with Gasteiger partial charge in [0.15, 0.2) is 0 Å². The fourth-order valence-electron chi connectivity index (χ4n) is 2.51. The van der Waals surface area contributed by atoms with Crippen LogP contribution in [0.15, 0.2) is 36.7 Å². The lowest BCUT2D eigenvalue weighted by atomic mass is 10.1. The van der Waals surface area contributed by atoms with Crippen molar-refractivity contribution >= 4 is 5.91 Å². The molecule has 116 valence electrons. The number of rotatable bonds is 5. The first-order chi connectivity index (χ1) is 10.5. The van der Waals surface area contributed by atoms with E-state index in [1.165, 1.54) is 0 Å².